The molecule has 2 aromatic rings. The van der Waals surface area contributed by atoms with Crippen molar-refractivity contribution < 1.29 is 9.53 Å². The zero-order chi connectivity index (χ0) is 19.5. The minimum Gasteiger partial charge on any atom is -0.459 e. The van der Waals surface area contributed by atoms with Crippen LogP contribution >= 0.6 is 23.1 Å². The largest absolute Gasteiger partial charge is 0.459 e. The van der Waals surface area contributed by atoms with Crippen LogP contribution in [0.25, 0.3) is 0 Å². The number of carbonyl (C=O) groups is 1. The van der Waals surface area contributed by atoms with E-state index in [9.17, 15) is 4.79 Å². The zero-order valence-electron chi connectivity index (χ0n) is 16.1. The number of thiazole rings is 1. The average Bonchev–Trinajstić information content (AvgIpc) is 3.28. The molecule has 0 aromatic carbocycles. The van der Waals surface area contributed by atoms with Crippen molar-refractivity contribution in [1.29, 1.82) is 0 Å². The first kappa shape index (κ1) is 20.2. The van der Waals surface area contributed by atoms with E-state index in [-0.39, 0.29) is 17.9 Å². The van der Waals surface area contributed by atoms with E-state index in [0.717, 1.165) is 16.5 Å². The topological polar surface area (TPSA) is 77.0 Å². The van der Waals surface area contributed by atoms with E-state index in [0.29, 0.717) is 12.8 Å². The number of hydrogen-bond donors (Lipinski definition) is 1. The molecule has 27 heavy (non-hydrogen) atoms. The Morgan fingerprint density at radius 1 is 1.37 bits per heavy atom. The number of ether oxygens (including phenoxy) is 1. The molecule has 0 unspecified atom stereocenters. The van der Waals surface area contributed by atoms with Crippen molar-refractivity contribution in [3.63, 3.8) is 0 Å². The first-order valence-corrected chi connectivity index (χ1v) is 11.3. The Bertz CT molecular complexity index is 749. The molecule has 0 bridgehead atoms. The highest BCUT2D eigenvalue weighted by Gasteiger charge is 2.53. The van der Waals surface area contributed by atoms with Gasteiger partial charge in [0.25, 0.3) is 0 Å². The van der Waals surface area contributed by atoms with Crippen molar-refractivity contribution in [3.05, 3.63) is 40.9 Å². The first-order chi connectivity index (χ1) is 12.8. The van der Waals surface area contributed by atoms with Gasteiger partial charge in [0.15, 0.2) is 0 Å². The van der Waals surface area contributed by atoms with Gasteiger partial charge >= 0.3 is 5.97 Å². The van der Waals surface area contributed by atoms with Gasteiger partial charge in [-0.3, -0.25) is 20.1 Å². The van der Waals surface area contributed by atoms with Gasteiger partial charge in [-0.15, -0.1) is 11.3 Å². The normalized spacial score (nSPS) is 25.5. The summed E-state index contributed by atoms with van der Waals surface area (Å²) in [5.74, 6) is 0.681. The van der Waals surface area contributed by atoms with Crippen LogP contribution in [0, 0.1) is 0 Å². The predicted octanol–water partition coefficient (Wildman–Crippen LogP) is 3.58. The molecule has 0 amide bonds. The molecule has 1 N–H and O–H groups in total. The van der Waals surface area contributed by atoms with Crippen LogP contribution in [-0.2, 0) is 9.53 Å². The molecule has 8 heteroatoms. The summed E-state index contributed by atoms with van der Waals surface area (Å²) in [4.78, 5) is 26.5. The molecule has 146 valence electrons. The summed E-state index contributed by atoms with van der Waals surface area (Å²) in [5, 5.41) is 6.52. The van der Waals surface area contributed by atoms with Crippen molar-refractivity contribution in [3.8, 4) is 0 Å². The molecule has 1 aliphatic rings. The van der Waals surface area contributed by atoms with Gasteiger partial charge in [-0.1, -0.05) is 0 Å². The van der Waals surface area contributed by atoms with Crippen LogP contribution in [0.5, 0.6) is 0 Å². The number of thioether (sulfide) groups is 1. The van der Waals surface area contributed by atoms with Crippen LogP contribution in [0.1, 0.15) is 56.3 Å². The third-order valence-electron chi connectivity index (χ3n) is 4.61. The lowest BCUT2D eigenvalue weighted by Gasteiger charge is -2.32. The number of rotatable bonds is 6. The lowest BCUT2D eigenvalue weighted by molar-refractivity contribution is -0.163. The summed E-state index contributed by atoms with van der Waals surface area (Å²) in [5.41, 5.74) is -0.416. The fourth-order valence-electron chi connectivity index (χ4n) is 3.42. The van der Waals surface area contributed by atoms with Gasteiger partial charge in [0.1, 0.15) is 16.1 Å². The molecule has 0 saturated carbocycles. The molecule has 1 aliphatic heterocycles. The van der Waals surface area contributed by atoms with Gasteiger partial charge in [-0.2, -0.15) is 11.8 Å². The second-order valence-corrected chi connectivity index (χ2v) is 9.67. The van der Waals surface area contributed by atoms with Crippen molar-refractivity contribution in [2.45, 2.75) is 56.7 Å². The molecule has 2 aromatic heterocycles. The quantitative estimate of drug-likeness (QED) is 0.735. The zero-order valence-corrected chi connectivity index (χ0v) is 17.8. The van der Waals surface area contributed by atoms with E-state index in [2.05, 4.69) is 26.5 Å². The van der Waals surface area contributed by atoms with Crippen molar-refractivity contribution in [2.24, 2.45) is 0 Å². The molecule has 0 spiro atoms. The highest BCUT2D eigenvalue weighted by molar-refractivity contribution is 7.98. The van der Waals surface area contributed by atoms with Crippen molar-refractivity contribution in [2.75, 3.05) is 12.0 Å². The van der Waals surface area contributed by atoms with E-state index in [1.165, 1.54) is 0 Å². The summed E-state index contributed by atoms with van der Waals surface area (Å²) in [6.45, 7) is 5.71. The predicted molar refractivity (Wildman–Crippen MR) is 109 cm³/mol. The van der Waals surface area contributed by atoms with Crippen LogP contribution in [0.15, 0.2) is 30.2 Å². The minimum absolute atomic E-state index is 0.0132. The maximum Gasteiger partial charge on any atom is 0.326 e. The molecule has 0 aliphatic carbocycles. The first-order valence-electron chi connectivity index (χ1n) is 9.00. The van der Waals surface area contributed by atoms with E-state index < -0.39 is 11.1 Å². The van der Waals surface area contributed by atoms with Gasteiger partial charge < -0.3 is 4.74 Å². The van der Waals surface area contributed by atoms with Gasteiger partial charge in [0.2, 0.25) is 0 Å². The van der Waals surface area contributed by atoms with Gasteiger partial charge in [0, 0.05) is 36.1 Å². The number of aromatic nitrogens is 3. The number of nitrogens with one attached hydrogen (secondary N) is 1. The second kappa shape index (κ2) is 8.24. The van der Waals surface area contributed by atoms with Crippen LogP contribution in [-0.4, -0.2) is 44.1 Å². The third kappa shape index (κ3) is 4.67. The Morgan fingerprint density at radius 2 is 2.19 bits per heavy atom. The molecule has 3 heterocycles. The molecule has 3 atom stereocenters. The van der Waals surface area contributed by atoms with Crippen LogP contribution in [0.3, 0.4) is 0 Å². The van der Waals surface area contributed by atoms with Crippen molar-refractivity contribution >= 4 is 29.1 Å². The summed E-state index contributed by atoms with van der Waals surface area (Å²) in [6.07, 6.45) is 10.3. The second-order valence-electron chi connectivity index (χ2n) is 7.76. The molecular formula is C19H26N4O2S2. The molecule has 3 rings (SSSR count). The number of carbonyl (C=O) groups excluding carboxylic acids is 1. The van der Waals surface area contributed by atoms with Crippen LogP contribution in [0.2, 0.25) is 0 Å². The fourth-order valence-corrected chi connectivity index (χ4v) is 4.73. The summed E-state index contributed by atoms with van der Waals surface area (Å²) in [7, 11) is 0. The molecule has 6 nitrogen and oxygen atoms in total. The Morgan fingerprint density at radius 3 is 2.78 bits per heavy atom. The summed E-state index contributed by atoms with van der Waals surface area (Å²) < 4.78 is 5.81. The molecule has 1 fully saturated rings. The van der Waals surface area contributed by atoms with Gasteiger partial charge in [-0.05, 0) is 45.6 Å². The monoisotopic (exact) mass is 406 g/mol. The highest BCUT2D eigenvalue weighted by Crippen LogP contribution is 2.46. The lowest BCUT2D eigenvalue weighted by Crippen LogP contribution is -2.51. The van der Waals surface area contributed by atoms with E-state index in [1.807, 2.05) is 26.2 Å². The van der Waals surface area contributed by atoms with Crippen LogP contribution in [0.4, 0.5) is 0 Å². The summed E-state index contributed by atoms with van der Waals surface area (Å²) in [6, 6.07) is -0.0870. The standard InChI is InChI=1S/C19H26N4O2S2/c1-18(2,3)25-17(24)19(5-9-26-4)11-13(14-12-20-6-7-21-14)15(23-19)16-22-8-10-27-16/h6-8,10,12-13,15,23H,5,9,11H2,1-4H3/t13-,15-,19+/m1/s1. The van der Waals surface area contributed by atoms with Gasteiger partial charge in [-0.25, -0.2) is 4.98 Å². The summed E-state index contributed by atoms with van der Waals surface area (Å²) >= 11 is 3.32. The molecule has 1 saturated heterocycles. The van der Waals surface area contributed by atoms with E-state index in [4.69, 9.17) is 4.74 Å². The molecule has 0 radical (unpaired) electrons. The Kier molecular flexibility index (Phi) is 6.18. The SMILES string of the molecule is CSCC[C@@]1(C(=O)OC(C)(C)C)C[C@H](c2cnccn2)[C@H](c2nccs2)N1. The minimum atomic E-state index is -0.755. The Hall–Kier alpha value is -1.51. The smallest absolute Gasteiger partial charge is 0.326 e. The van der Waals surface area contributed by atoms with Crippen molar-refractivity contribution in [1.82, 2.24) is 20.3 Å². The highest BCUT2D eigenvalue weighted by atomic mass is 32.2. The fraction of sp³-hybridized carbons (Fsp3) is 0.579. The maximum absolute atomic E-state index is 13.2. The maximum atomic E-state index is 13.2. The van der Waals surface area contributed by atoms with Crippen LogP contribution < -0.4 is 5.32 Å². The number of nitrogens with zero attached hydrogens (tertiary/aromatic N) is 3. The molecular weight excluding hydrogens is 380 g/mol. The number of hydrogen-bond acceptors (Lipinski definition) is 8. The Labute approximate surface area is 168 Å². The third-order valence-corrected chi connectivity index (χ3v) is 6.08. The average molecular weight is 407 g/mol. The van der Waals surface area contributed by atoms with Gasteiger partial charge in [0.05, 0.1) is 11.7 Å². The van der Waals surface area contributed by atoms with E-state index >= 15 is 0 Å². The van der Waals surface area contributed by atoms with E-state index in [1.54, 1.807) is 47.9 Å². The Balaban J connectivity index is 1.97. The lowest BCUT2D eigenvalue weighted by atomic mass is 9.87. The number of esters is 1.